The maximum atomic E-state index is 7.20. The van der Waals surface area contributed by atoms with Crippen molar-refractivity contribution >= 4 is 43.7 Å². The van der Waals surface area contributed by atoms with Gasteiger partial charge in [0.2, 0.25) is 0 Å². The van der Waals surface area contributed by atoms with E-state index >= 15 is 0 Å². The summed E-state index contributed by atoms with van der Waals surface area (Å²) >= 11 is 0. The Labute approximate surface area is 357 Å². The number of furan rings is 1. The largest absolute Gasteiger partial charge is 0.454 e. The summed E-state index contributed by atoms with van der Waals surface area (Å²) in [5.41, 5.74) is 14.1. The number of hydrogen-bond acceptors (Lipinski definition) is 4. The van der Waals surface area contributed by atoms with Gasteiger partial charge in [-0.2, -0.15) is 0 Å². The summed E-state index contributed by atoms with van der Waals surface area (Å²) in [5.74, 6) is 1.79. The van der Waals surface area contributed by atoms with E-state index in [2.05, 4.69) is 156 Å². The first kappa shape index (κ1) is 35.5. The molecule has 0 bridgehead atoms. The Morgan fingerprint density at radius 3 is 1.27 bits per heavy atom. The zero-order valence-corrected chi connectivity index (χ0v) is 33.5. The van der Waals surface area contributed by atoms with Crippen LogP contribution in [-0.4, -0.2) is 19.5 Å². The summed E-state index contributed by atoms with van der Waals surface area (Å²) in [5, 5.41) is 4.27. The van der Waals surface area contributed by atoms with Gasteiger partial charge in [-0.15, -0.1) is 0 Å². The standard InChI is InChI=1S/C57H36N4O/c1-6-17-37(18-7-1)42-29-31-45-46-32-30-43(38-19-8-2-9-20-38)35-51(46)61(50(45)34-42)49-28-16-27-47-53-48(33-44(36-52(53)62-54(47)49)39-21-10-3-11-22-39)57-59-55(40-23-12-4-13-24-40)58-56(60-57)41-25-14-5-15-26-41/h1-36H. The molecule has 0 aliphatic carbocycles. The summed E-state index contributed by atoms with van der Waals surface area (Å²) in [6.45, 7) is 0. The number of para-hydroxylation sites is 1. The van der Waals surface area contributed by atoms with E-state index < -0.39 is 0 Å². The molecule has 290 valence electrons. The molecule has 0 atom stereocenters. The van der Waals surface area contributed by atoms with Gasteiger partial charge < -0.3 is 8.98 Å². The minimum atomic E-state index is 0.574. The number of hydrogen-bond donors (Lipinski definition) is 0. The maximum absolute atomic E-state index is 7.20. The molecule has 12 rings (SSSR count). The number of fused-ring (bicyclic) bond motifs is 6. The van der Waals surface area contributed by atoms with Gasteiger partial charge in [0.05, 0.1) is 16.7 Å². The molecular weight excluding hydrogens is 757 g/mol. The quantitative estimate of drug-likeness (QED) is 0.161. The van der Waals surface area contributed by atoms with Crippen LogP contribution in [0.2, 0.25) is 0 Å². The molecule has 0 aliphatic heterocycles. The summed E-state index contributed by atoms with van der Waals surface area (Å²) in [4.78, 5) is 15.5. The lowest BCUT2D eigenvalue weighted by molar-refractivity contribution is 0.666. The van der Waals surface area contributed by atoms with Crippen molar-refractivity contribution in [1.82, 2.24) is 19.5 Å². The number of nitrogens with zero attached hydrogens (tertiary/aromatic N) is 4. The van der Waals surface area contributed by atoms with Gasteiger partial charge in [0.1, 0.15) is 5.58 Å². The van der Waals surface area contributed by atoms with Crippen molar-refractivity contribution in [3.63, 3.8) is 0 Å². The van der Waals surface area contributed by atoms with Crippen molar-refractivity contribution in [2.45, 2.75) is 0 Å². The maximum Gasteiger partial charge on any atom is 0.164 e. The zero-order valence-electron chi connectivity index (χ0n) is 33.5. The van der Waals surface area contributed by atoms with E-state index in [0.29, 0.717) is 17.5 Å². The van der Waals surface area contributed by atoms with Crippen molar-refractivity contribution in [3.8, 4) is 73.2 Å². The van der Waals surface area contributed by atoms with Crippen molar-refractivity contribution in [2.75, 3.05) is 0 Å². The van der Waals surface area contributed by atoms with Crippen LogP contribution < -0.4 is 0 Å². The van der Waals surface area contributed by atoms with E-state index in [4.69, 9.17) is 19.4 Å². The SMILES string of the molecule is c1ccc(-c2cc(-c3nc(-c4ccccc4)nc(-c4ccccc4)n3)c3c(c2)oc2c(-n4c5cc(-c6ccccc6)ccc5c5ccc(-c6ccccc6)cc54)cccc23)cc1. The lowest BCUT2D eigenvalue weighted by Crippen LogP contribution is -2.00. The third-order valence-electron chi connectivity index (χ3n) is 11.8. The first-order valence-corrected chi connectivity index (χ1v) is 20.8. The van der Waals surface area contributed by atoms with Crippen molar-refractivity contribution in [3.05, 3.63) is 218 Å². The van der Waals surface area contributed by atoms with E-state index in [-0.39, 0.29) is 0 Å². The van der Waals surface area contributed by atoms with Crippen LogP contribution in [0.15, 0.2) is 223 Å². The highest BCUT2D eigenvalue weighted by atomic mass is 16.3. The van der Waals surface area contributed by atoms with E-state index in [9.17, 15) is 0 Å². The molecular formula is C57H36N4O. The van der Waals surface area contributed by atoms with Gasteiger partial charge in [0.25, 0.3) is 0 Å². The Balaban J connectivity index is 1.16. The van der Waals surface area contributed by atoms with Gasteiger partial charge >= 0.3 is 0 Å². The van der Waals surface area contributed by atoms with E-state index in [1.54, 1.807) is 0 Å². The van der Waals surface area contributed by atoms with Gasteiger partial charge in [-0.3, -0.25) is 0 Å². The fraction of sp³-hybridized carbons (Fsp3) is 0. The van der Waals surface area contributed by atoms with Gasteiger partial charge in [-0.05, 0) is 63.7 Å². The lowest BCUT2D eigenvalue weighted by Gasteiger charge is -2.11. The lowest BCUT2D eigenvalue weighted by atomic mass is 9.98. The molecule has 12 aromatic rings. The van der Waals surface area contributed by atoms with Gasteiger partial charge in [-0.25, -0.2) is 15.0 Å². The number of rotatable bonds is 7. The molecule has 0 spiro atoms. The second-order valence-electron chi connectivity index (χ2n) is 15.6. The van der Waals surface area contributed by atoms with E-state index in [1.807, 2.05) is 66.7 Å². The molecule has 9 aromatic carbocycles. The van der Waals surface area contributed by atoms with Gasteiger partial charge in [-0.1, -0.05) is 188 Å². The van der Waals surface area contributed by atoms with E-state index in [0.717, 1.165) is 77.6 Å². The number of aromatic nitrogens is 4. The van der Waals surface area contributed by atoms with Gasteiger partial charge in [0, 0.05) is 38.2 Å². The molecule has 0 radical (unpaired) electrons. The van der Waals surface area contributed by atoms with Crippen LogP contribution in [0, 0.1) is 0 Å². The van der Waals surface area contributed by atoms with Crippen molar-refractivity contribution in [1.29, 1.82) is 0 Å². The second-order valence-corrected chi connectivity index (χ2v) is 15.6. The second kappa shape index (κ2) is 14.7. The van der Waals surface area contributed by atoms with Crippen LogP contribution in [0.1, 0.15) is 0 Å². The highest BCUT2D eigenvalue weighted by molar-refractivity contribution is 6.17. The minimum Gasteiger partial charge on any atom is -0.454 e. The Morgan fingerprint density at radius 1 is 0.323 bits per heavy atom. The third-order valence-corrected chi connectivity index (χ3v) is 11.8. The highest BCUT2D eigenvalue weighted by Gasteiger charge is 2.23. The molecule has 0 unspecified atom stereocenters. The fourth-order valence-corrected chi connectivity index (χ4v) is 8.89. The molecule has 3 heterocycles. The fourth-order valence-electron chi connectivity index (χ4n) is 8.89. The average molecular weight is 793 g/mol. The molecule has 3 aromatic heterocycles. The molecule has 0 saturated carbocycles. The summed E-state index contributed by atoms with van der Waals surface area (Å²) in [7, 11) is 0. The Kier molecular flexibility index (Phi) is 8.42. The van der Waals surface area contributed by atoms with Crippen LogP contribution in [-0.2, 0) is 0 Å². The molecule has 5 heteroatoms. The molecule has 5 nitrogen and oxygen atoms in total. The molecule has 62 heavy (non-hydrogen) atoms. The minimum absolute atomic E-state index is 0.574. The first-order valence-electron chi connectivity index (χ1n) is 20.8. The van der Waals surface area contributed by atoms with Crippen LogP contribution in [0.4, 0.5) is 0 Å². The monoisotopic (exact) mass is 792 g/mol. The normalized spacial score (nSPS) is 11.5. The van der Waals surface area contributed by atoms with Crippen LogP contribution >= 0.6 is 0 Å². The summed E-state index contributed by atoms with van der Waals surface area (Å²) < 4.78 is 9.58. The van der Waals surface area contributed by atoms with Crippen LogP contribution in [0.25, 0.3) is 117 Å². The topological polar surface area (TPSA) is 56.7 Å². The zero-order chi connectivity index (χ0) is 41.0. The first-order chi connectivity index (χ1) is 30.7. The molecule has 0 N–H and O–H groups in total. The van der Waals surface area contributed by atoms with Crippen LogP contribution in [0.5, 0.6) is 0 Å². The smallest absolute Gasteiger partial charge is 0.164 e. The van der Waals surface area contributed by atoms with Crippen LogP contribution in [0.3, 0.4) is 0 Å². The summed E-state index contributed by atoms with van der Waals surface area (Å²) in [6, 6.07) is 76.3. The predicted molar refractivity (Wildman–Crippen MR) is 254 cm³/mol. The number of benzene rings is 9. The Hall–Kier alpha value is -8.41. The van der Waals surface area contributed by atoms with E-state index in [1.165, 1.54) is 21.9 Å². The average Bonchev–Trinajstić information content (AvgIpc) is 3.90. The summed E-state index contributed by atoms with van der Waals surface area (Å²) in [6.07, 6.45) is 0. The molecule has 0 saturated heterocycles. The highest BCUT2D eigenvalue weighted by Crippen LogP contribution is 2.44. The van der Waals surface area contributed by atoms with Crippen molar-refractivity contribution in [2.24, 2.45) is 0 Å². The third kappa shape index (κ3) is 6.06. The Bertz CT molecular complexity index is 3450. The molecule has 0 aliphatic rings. The molecule has 0 fully saturated rings. The predicted octanol–water partition coefficient (Wildman–Crippen LogP) is 14.9. The van der Waals surface area contributed by atoms with Crippen molar-refractivity contribution < 1.29 is 4.42 Å². The van der Waals surface area contributed by atoms with Gasteiger partial charge in [0.15, 0.2) is 23.1 Å². The Morgan fingerprint density at radius 2 is 0.774 bits per heavy atom. The molecule has 0 amide bonds.